The van der Waals surface area contributed by atoms with Crippen LogP contribution in [0.1, 0.15) is 26.7 Å². The molecule has 0 bridgehead atoms. The van der Waals surface area contributed by atoms with Crippen LogP contribution in [0.3, 0.4) is 0 Å². The minimum absolute atomic E-state index is 0. The van der Waals surface area contributed by atoms with Crippen molar-refractivity contribution in [1.29, 1.82) is 0 Å². The lowest BCUT2D eigenvalue weighted by atomic mass is 10.0. The highest BCUT2D eigenvalue weighted by atomic mass is 35.5. The third kappa shape index (κ3) is 3.33. The van der Waals surface area contributed by atoms with Crippen LogP contribution >= 0.6 is 12.4 Å². The second-order valence-corrected chi connectivity index (χ2v) is 4.89. The minimum Gasteiger partial charge on any atom is -0.375 e. The van der Waals surface area contributed by atoms with Gasteiger partial charge in [0, 0.05) is 13.1 Å². The quantitative estimate of drug-likeness (QED) is 0.809. The van der Waals surface area contributed by atoms with Gasteiger partial charge >= 0.3 is 0 Å². The van der Waals surface area contributed by atoms with E-state index in [1.54, 1.807) is 0 Å². The molecule has 0 aromatic carbocycles. The summed E-state index contributed by atoms with van der Waals surface area (Å²) in [7, 11) is 0. The standard InChI is InChI=1S/C12H22N2O2.ClH/c1-3-11-8-16-9(2)7-14(11)12(15)10-4-5-13-6-10;/h9-11,13H,3-8H2,1-2H3;1H. The van der Waals surface area contributed by atoms with Crippen LogP contribution < -0.4 is 5.32 Å². The Morgan fingerprint density at radius 3 is 2.88 bits per heavy atom. The van der Waals surface area contributed by atoms with Gasteiger partial charge in [-0.1, -0.05) is 6.92 Å². The predicted octanol–water partition coefficient (Wildman–Crippen LogP) is 1.04. The molecular formula is C12H23ClN2O2. The lowest BCUT2D eigenvalue weighted by Gasteiger charge is -2.39. The molecule has 5 heteroatoms. The molecule has 3 unspecified atom stereocenters. The molecule has 2 heterocycles. The zero-order valence-electron chi connectivity index (χ0n) is 10.6. The maximum absolute atomic E-state index is 12.3. The van der Waals surface area contributed by atoms with Gasteiger partial charge in [0.1, 0.15) is 0 Å². The van der Waals surface area contributed by atoms with Crippen LogP contribution in [0.15, 0.2) is 0 Å². The Kier molecular flexibility index (Phi) is 5.70. The predicted molar refractivity (Wildman–Crippen MR) is 69.4 cm³/mol. The molecule has 0 saturated carbocycles. The summed E-state index contributed by atoms with van der Waals surface area (Å²) in [5, 5.41) is 3.26. The summed E-state index contributed by atoms with van der Waals surface area (Å²) in [5.41, 5.74) is 0. The molecule has 0 radical (unpaired) electrons. The first-order valence-electron chi connectivity index (χ1n) is 6.35. The molecule has 0 spiro atoms. The fourth-order valence-corrected chi connectivity index (χ4v) is 2.55. The Morgan fingerprint density at radius 1 is 1.53 bits per heavy atom. The van der Waals surface area contributed by atoms with E-state index in [0.29, 0.717) is 12.5 Å². The van der Waals surface area contributed by atoms with Gasteiger partial charge in [-0.25, -0.2) is 0 Å². The molecule has 3 atom stereocenters. The van der Waals surface area contributed by atoms with Crippen molar-refractivity contribution in [2.24, 2.45) is 5.92 Å². The van der Waals surface area contributed by atoms with E-state index >= 15 is 0 Å². The molecule has 0 aliphatic carbocycles. The van der Waals surface area contributed by atoms with E-state index < -0.39 is 0 Å². The molecule has 2 rings (SSSR count). The van der Waals surface area contributed by atoms with Crippen LogP contribution in [0, 0.1) is 5.92 Å². The van der Waals surface area contributed by atoms with E-state index in [2.05, 4.69) is 12.2 Å². The molecule has 2 aliphatic rings. The highest BCUT2D eigenvalue weighted by Crippen LogP contribution is 2.20. The van der Waals surface area contributed by atoms with Crippen LogP contribution in [-0.4, -0.2) is 49.2 Å². The van der Waals surface area contributed by atoms with E-state index in [9.17, 15) is 4.79 Å². The molecule has 1 amide bonds. The third-order valence-corrected chi connectivity index (χ3v) is 3.63. The molecule has 2 saturated heterocycles. The van der Waals surface area contributed by atoms with Gasteiger partial charge in [0.05, 0.1) is 24.7 Å². The van der Waals surface area contributed by atoms with Crippen molar-refractivity contribution in [2.45, 2.75) is 38.8 Å². The molecule has 0 aromatic rings. The summed E-state index contributed by atoms with van der Waals surface area (Å²) in [6.07, 6.45) is 2.15. The Hall–Kier alpha value is -0.320. The Labute approximate surface area is 109 Å². The van der Waals surface area contributed by atoms with Gasteiger partial charge in [0.15, 0.2) is 0 Å². The number of carbonyl (C=O) groups is 1. The minimum atomic E-state index is 0. The van der Waals surface area contributed by atoms with Gasteiger partial charge in [0.25, 0.3) is 0 Å². The fourth-order valence-electron chi connectivity index (χ4n) is 2.55. The first-order chi connectivity index (χ1) is 7.72. The number of hydrogen-bond acceptors (Lipinski definition) is 3. The average molecular weight is 263 g/mol. The number of rotatable bonds is 2. The van der Waals surface area contributed by atoms with Crippen molar-refractivity contribution in [2.75, 3.05) is 26.2 Å². The maximum Gasteiger partial charge on any atom is 0.227 e. The van der Waals surface area contributed by atoms with Crippen molar-refractivity contribution in [1.82, 2.24) is 10.2 Å². The van der Waals surface area contributed by atoms with Crippen LogP contribution in [0.2, 0.25) is 0 Å². The number of halogens is 1. The number of ether oxygens (including phenoxy) is 1. The molecule has 1 N–H and O–H groups in total. The highest BCUT2D eigenvalue weighted by molar-refractivity contribution is 5.85. The summed E-state index contributed by atoms with van der Waals surface area (Å²) in [6, 6.07) is 0.282. The van der Waals surface area contributed by atoms with Crippen LogP contribution in [-0.2, 0) is 9.53 Å². The molecule has 4 nitrogen and oxygen atoms in total. The topological polar surface area (TPSA) is 41.6 Å². The summed E-state index contributed by atoms with van der Waals surface area (Å²) >= 11 is 0. The number of nitrogens with one attached hydrogen (secondary N) is 1. The Bertz CT molecular complexity index is 257. The average Bonchev–Trinajstić information content (AvgIpc) is 2.81. The second kappa shape index (κ2) is 6.57. The number of hydrogen-bond donors (Lipinski definition) is 1. The van der Waals surface area contributed by atoms with Crippen LogP contribution in [0.5, 0.6) is 0 Å². The summed E-state index contributed by atoms with van der Waals surface area (Å²) in [6.45, 7) is 7.45. The zero-order chi connectivity index (χ0) is 11.5. The van der Waals surface area contributed by atoms with E-state index in [1.165, 1.54) is 0 Å². The largest absolute Gasteiger partial charge is 0.375 e. The van der Waals surface area contributed by atoms with Gasteiger partial charge in [-0.05, 0) is 26.3 Å². The van der Waals surface area contributed by atoms with Crippen molar-refractivity contribution < 1.29 is 9.53 Å². The lowest BCUT2D eigenvalue weighted by Crippen LogP contribution is -2.53. The Balaban J connectivity index is 0.00000144. The van der Waals surface area contributed by atoms with Crippen molar-refractivity contribution in [3.8, 4) is 0 Å². The second-order valence-electron chi connectivity index (χ2n) is 4.89. The molecule has 2 aliphatic heterocycles. The zero-order valence-corrected chi connectivity index (χ0v) is 11.5. The fraction of sp³-hybridized carbons (Fsp3) is 0.917. The lowest BCUT2D eigenvalue weighted by molar-refractivity contribution is -0.148. The van der Waals surface area contributed by atoms with Crippen LogP contribution in [0.25, 0.3) is 0 Å². The number of morpholine rings is 1. The number of nitrogens with zero attached hydrogens (tertiary/aromatic N) is 1. The monoisotopic (exact) mass is 262 g/mol. The first kappa shape index (κ1) is 14.7. The first-order valence-corrected chi connectivity index (χ1v) is 6.35. The van der Waals surface area contributed by atoms with E-state index in [-0.39, 0.29) is 30.5 Å². The smallest absolute Gasteiger partial charge is 0.227 e. The normalized spacial score (nSPS) is 33.3. The van der Waals surface area contributed by atoms with Gasteiger partial charge in [-0.2, -0.15) is 0 Å². The van der Waals surface area contributed by atoms with Crippen molar-refractivity contribution in [3.63, 3.8) is 0 Å². The van der Waals surface area contributed by atoms with Crippen LogP contribution in [0.4, 0.5) is 0 Å². The number of carbonyl (C=O) groups excluding carboxylic acids is 1. The summed E-state index contributed by atoms with van der Waals surface area (Å²) < 4.78 is 5.61. The van der Waals surface area contributed by atoms with Crippen molar-refractivity contribution in [3.05, 3.63) is 0 Å². The molecule has 0 aromatic heterocycles. The molecule has 100 valence electrons. The van der Waals surface area contributed by atoms with Crippen molar-refractivity contribution >= 4 is 18.3 Å². The number of amides is 1. The van der Waals surface area contributed by atoms with Gasteiger partial charge < -0.3 is 15.0 Å². The molecule has 17 heavy (non-hydrogen) atoms. The van der Waals surface area contributed by atoms with Gasteiger partial charge in [-0.3, -0.25) is 4.79 Å². The molecular weight excluding hydrogens is 240 g/mol. The third-order valence-electron chi connectivity index (χ3n) is 3.63. The Morgan fingerprint density at radius 2 is 2.29 bits per heavy atom. The summed E-state index contributed by atoms with van der Waals surface area (Å²) in [5.74, 6) is 0.520. The van der Waals surface area contributed by atoms with E-state index in [0.717, 1.165) is 32.5 Å². The van der Waals surface area contributed by atoms with Gasteiger partial charge in [-0.15, -0.1) is 12.4 Å². The molecule has 2 fully saturated rings. The highest BCUT2D eigenvalue weighted by Gasteiger charge is 2.34. The maximum atomic E-state index is 12.3. The van der Waals surface area contributed by atoms with E-state index in [4.69, 9.17) is 4.74 Å². The van der Waals surface area contributed by atoms with E-state index in [1.807, 2.05) is 11.8 Å². The summed E-state index contributed by atoms with van der Waals surface area (Å²) in [4.78, 5) is 14.4. The van der Waals surface area contributed by atoms with Gasteiger partial charge in [0.2, 0.25) is 5.91 Å². The SMILES string of the molecule is CCC1COC(C)CN1C(=O)C1CCNC1.Cl.